The second-order valence-electron chi connectivity index (χ2n) is 9.58. The predicted octanol–water partition coefficient (Wildman–Crippen LogP) is 2.37. The number of nitrogens with zero attached hydrogens (tertiary/aromatic N) is 1. The normalized spacial score (nSPS) is 18.2. The first-order valence-electron chi connectivity index (χ1n) is 12.7. The standard InChI is InChI=1S/C28H35N5O5/c1-3-10-22(24(35)25(36)30-17-23(34)31-19(2)20-11-6-4-7-12-20)28(26(29)37)15-16-33(18-28)27(38)32-21-13-8-5-9-14-21/h4-9,11-14,19,22H,3,10,15-18H2,1-2H3,(H2,29,37)(H,30,36)(H,31,34)(H,32,38)/t19-,22-,28?/m1/s1. The maximum atomic E-state index is 13.3. The number of benzene rings is 2. The van der Waals surface area contributed by atoms with E-state index < -0.39 is 47.4 Å². The average Bonchev–Trinajstić information content (AvgIpc) is 3.38. The van der Waals surface area contributed by atoms with Crippen molar-refractivity contribution in [2.45, 2.75) is 39.2 Å². The van der Waals surface area contributed by atoms with E-state index in [0.717, 1.165) is 5.56 Å². The van der Waals surface area contributed by atoms with Gasteiger partial charge < -0.3 is 26.6 Å². The topological polar surface area (TPSA) is 151 Å². The third-order valence-corrected chi connectivity index (χ3v) is 6.98. The quantitative estimate of drug-likeness (QED) is 0.335. The lowest BCUT2D eigenvalue weighted by Crippen LogP contribution is -2.52. The lowest BCUT2D eigenvalue weighted by atomic mass is 9.69. The van der Waals surface area contributed by atoms with Gasteiger partial charge >= 0.3 is 6.03 Å². The van der Waals surface area contributed by atoms with Gasteiger partial charge in [0, 0.05) is 24.7 Å². The highest BCUT2D eigenvalue weighted by Gasteiger charge is 2.53. The number of nitrogens with one attached hydrogen (secondary N) is 3. The molecule has 1 fully saturated rings. The minimum atomic E-state index is -1.39. The van der Waals surface area contributed by atoms with Crippen LogP contribution in [-0.4, -0.2) is 54.1 Å². The number of carbonyl (C=O) groups excluding carboxylic acids is 5. The number of amides is 5. The fraction of sp³-hybridized carbons (Fsp3) is 0.393. The van der Waals surface area contributed by atoms with E-state index in [0.29, 0.717) is 12.1 Å². The summed E-state index contributed by atoms with van der Waals surface area (Å²) in [5.74, 6) is -3.99. The summed E-state index contributed by atoms with van der Waals surface area (Å²) < 4.78 is 0. The Balaban J connectivity index is 1.65. The zero-order valence-corrected chi connectivity index (χ0v) is 21.7. The van der Waals surface area contributed by atoms with Crippen LogP contribution in [0.15, 0.2) is 60.7 Å². The van der Waals surface area contributed by atoms with Crippen LogP contribution in [0.3, 0.4) is 0 Å². The molecule has 10 heteroatoms. The molecule has 1 heterocycles. The van der Waals surface area contributed by atoms with E-state index in [4.69, 9.17) is 5.73 Å². The molecule has 1 unspecified atom stereocenters. The molecule has 5 amide bonds. The Hall–Kier alpha value is -4.21. The fourth-order valence-corrected chi connectivity index (χ4v) is 4.86. The lowest BCUT2D eigenvalue weighted by Gasteiger charge is -2.33. The average molecular weight is 522 g/mol. The molecule has 0 spiro atoms. The number of urea groups is 1. The molecule has 0 saturated carbocycles. The molecule has 2 aromatic carbocycles. The van der Waals surface area contributed by atoms with Crippen LogP contribution in [0.5, 0.6) is 0 Å². The molecule has 1 saturated heterocycles. The number of likely N-dealkylation sites (tertiary alicyclic amines) is 1. The number of hydrogen-bond acceptors (Lipinski definition) is 5. The minimum Gasteiger partial charge on any atom is -0.369 e. The summed E-state index contributed by atoms with van der Waals surface area (Å²) in [6, 6.07) is 17.5. The van der Waals surface area contributed by atoms with Gasteiger partial charge in [-0.15, -0.1) is 0 Å². The molecule has 5 N–H and O–H groups in total. The zero-order valence-electron chi connectivity index (χ0n) is 21.7. The minimum absolute atomic E-state index is 0.0836. The maximum Gasteiger partial charge on any atom is 0.321 e. The Morgan fingerprint density at radius 3 is 2.24 bits per heavy atom. The van der Waals surface area contributed by atoms with E-state index in [1.165, 1.54) is 4.90 Å². The molecule has 1 aliphatic heterocycles. The van der Waals surface area contributed by atoms with E-state index in [1.807, 2.05) is 50.2 Å². The van der Waals surface area contributed by atoms with E-state index in [-0.39, 0.29) is 32.0 Å². The van der Waals surface area contributed by atoms with E-state index in [1.54, 1.807) is 24.3 Å². The van der Waals surface area contributed by atoms with Crippen molar-refractivity contribution in [2.24, 2.45) is 17.1 Å². The Labute approximate surface area is 222 Å². The van der Waals surface area contributed by atoms with Gasteiger partial charge in [0.15, 0.2) is 0 Å². The second-order valence-corrected chi connectivity index (χ2v) is 9.58. The highest BCUT2D eigenvalue weighted by atomic mass is 16.2. The summed E-state index contributed by atoms with van der Waals surface area (Å²) in [5.41, 5.74) is 5.91. The number of hydrogen-bond donors (Lipinski definition) is 4. The highest BCUT2D eigenvalue weighted by molar-refractivity contribution is 6.37. The molecule has 1 aliphatic rings. The van der Waals surface area contributed by atoms with Crippen LogP contribution < -0.4 is 21.7 Å². The van der Waals surface area contributed by atoms with E-state index in [9.17, 15) is 24.0 Å². The van der Waals surface area contributed by atoms with Crippen LogP contribution in [0, 0.1) is 11.3 Å². The van der Waals surface area contributed by atoms with Gasteiger partial charge in [0.1, 0.15) is 0 Å². The summed E-state index contributed by atoms with van der Waals surface area (Å²) in [5, 5.41) is 7.92. The van der Waals surface area contributed by atoms with E-state index in [2.05, 4.69) is 16.0 Å². The van der Waals surface area contributed by atoms with Gasteiger partial charge in [0.2, 0.25) is 17.6 Å². The lowest BCUT2D eigenvalue weighted by molar-refractivity contribution is -0.147. The molecule has 2 aromatic rings. The molecule has 3 atom stereocenters. The summed E-state index contributed by atoms with van der Waals surface area (Å²) in [6.45, 7) is 3.38. The molecular weight excluding hydrogens is 486 g/mol. The van der Waals surface area contributed by atoms with E-state index >= 15 is 0 Å². The van der Waals surface area contributed by atoms with Crippen molar-refractivity contribution in [2.75, 3.05) is 25.0 Å². The number of nitrogens with two attached hydrogens (primary N) is 1. The molecule has 202 valence electrons. The fourth-order valence-electron chi connectivity index (χ4n) is 4.86. The number of Topliss-reactive ketones (excluding diaryl/α,β-unsaturated/α-hetero) is 1. The monoisotopic (exact) mass is 521 g/mol. The molecule has 0 radical (unpaired) electrons. The van der Waals surface area contributed by atoms with Crippen molar-refractivity contribution in [1.29, 1.82) is 0 Å². The zero-order chi connectivity index (χ0) is 27.7. The smallest absolute Gasteiger partial charge is 0.321 e. The van der Waals surface area contributed by atoms with Crippen molar-refractivity contribution >= 4 is 35.2 Å². The van der Waals surface area contributed by atoms with Crippen molar-refractivity contribution in [3.63, 3.8) is 0 Å². The number of para-hydroxylation sites is 1. The Morgan fingerprint density at radius 2 is 1.63 bits per heavy atom. The van der Waals surface area contributed by atoms with Gasteiger partial charge in [-0.05, 0) is 37.5 Å². The SMILES string of the molecule is CCC[C@H](C(=O)C(=O)NCC(=O)N[C@H](C)c1ccccc1)C1(C(N)=O)CCN(C(=O)Nc2ccccc2)C1. The highest BCUT2D eigenvalue weighted by Crippen LogP contribution is 2.41. The number of rotatable bonds is 11. The van der Waals surface area contributed by atoms with Crippen LogP contribution >= 0.6 is 0 Å². The van der Waals surface area contributed by atoms with Gasteiger partial charge in [-0.2, -0.15) is 0 Å². The van der Waals surface area contributed by atoms with Crippen LogP contribution in [0.1, 0.15) is 44.7 Å². The maximum absolute atomic E-state index is 13.3. The van der Waals surface area contributed by atoms with Crippen LogP contribution in [-0.2, 0) is 19.2 Å². The molecule has 38 heavy (non-hydrogen) atoms. The molecule has 0 bridgehead atoms. The van der Waals surface area contributed by atoms with Crippen LogP contribution in [0.4, 0.5) is 10.5 Å². The number of anilines is 1. The Bertz CT molecular complexity index is 1160. The van der Waals surface area contributed by atoms with Gasteiger partial charge in [-0.3, -0.25) is 19.2 Å². The first-order valence-corrected chi connectivity index (χ1v) is 12.7. The summed E-state index contributed by atoms with van der Waals surface area (Å²) in [6.07, 6.45) is 0.911. The largest absolute Gasteiger partial charge is 0.369 e. The third kappa shape index (κ3) is 6.76. The molecule has 10 nitrogen and oxygen atoms in total. The van der Waals surface area contributed by atoms with Crippen molar-refractivity contribution in [3.05, 3.63) is 66.2 Å². The molecule has 0 aromatic heterocycles. The summed E-state index contributed by atoms with van der Waals surface area (Å²) in [7, 11) is 0. The van der Waals surface area contributed by atoms with Gasteiger partial charge in [0.05, 0.1) is 18.0 Å². The van der Waals surface area contributed by atoms with Crippen LogP contribution in [0.2, 0.25) is 0 Å². The Morgan fingerprint density at radius 1 is 1.00 bits per heavy atom. The second kappa shape index (κ2) is 12.8. The van der Waals surface area contributed by atoms with Crippen molar-refractivity contribution in [1.82, 2.24) is 15.5 Å². The number of ketones is 1. The third-order valence-electron chi connectivity index (χ3n) is 6.98. The Kier molecular flexibility index (Phi) is 9.59. The van der Waals surface area contributed by atoms with Crippen molar-refractivity contribution in [3.8, 4) is 0 Å². The predicted molar refractivity (Wildman–Crippen MR) is 143 cm³/mol. The van der Waals surface area contributed by atoms with Crippen LogP contribution in [0.25, 0.3) is 0 Å². The van der Waals surface area contributed by atoms with Gasteiger partial charge in [-0.25, -0.2) is 4.79 Å². The first-order chi connectivity index (χ1) is 18.2. The molecule has 3 rings (SSSR count). The van der Waals surface area contributed by atoms with Gasteiger partial charge in [0.25, 0.3) is 5.91 Å². The molecular formula is C28H35N5O5. The summed E-state index contributed by atoms with van der Waals surface area (Å²) >= 11 is 0. The number of carbonyl (C=O) groups is 5. The van der Waals surface area contributed by atoms with Crippen molar-refractivity contribution < 1.29 is 24.0 Å². The summed E-state index contributed by atoms with van der Waals surface area (Å²) in [4.78, 5) is 65.5. The van der Waals surface area contributed by atoms with Gasteiger partial charge in [-0.1, -0.05) is 61.9 Å². The number of primary amides is 1. The molecule has 0 aliphatic carbocycles. The first kappa shape index (κ1) is 28.4.